The van der Waals surface area contributed by atoms with Gasteiger partial charge in [-0.25, -0.2) is 22.0 Å². The lowest BCUT2D eigenvalue weighted by atomic mass is 9.69. The fraction of sp³-hybridized carbons (Fsp3) is 0.375. The van der Waals surface area contributed by atoms with Crippen LogP contribution in [0, 0.1) is 29.3 Å². The Kier molecular flexibility index (Phi) is 4.98. The summed E-state index contributed by atoms with van der Waals surface area (Å²) in [6.45, 7) is 0.236. The van der Waals surface area contributed by atoms with Crippen LogP contribution in [0.5, 0.6) is 0 Å². The third kappa shape index (κ3) is 3.76. The average Bonchev–Trinajstić information content (AvgIpc) is 3.03. The van der Waals surface area contributed by atoms with Crippen molar-refractivity contribution < 1.29 is 26.7 Å². The molecular weight excluding hydrogens is 427 g/mol. The van der Waals surface area contributed by atoms with E-state index in [-0.39, 0.29) is 48.6 Å². The van der Waals surface area contributed by atoms with Gasteiger partial charge in [0, 0.05) is 36.8 Å². The molecule has 3 nitrogen and oxygen atoms in total. The molecule has 2 saturated carbocycles. The van der Waals surface area contributed by atoms with Crippen LogP contribution in [0.1, 0.15) is 37.2 Å². The summed E-state index contributed by atoms with van der Waals surface area (Å²) in [5.41, 5.74) is 2.08. The van der Waals surface area contributed by atoms with Gasteiger partial charge in [-0.05, 0) is 66.1 Å². The highest BCUT2D eigenvalue weighted by Gasteiger charge is 2.45. The number of carbonyl (C=O) groups is 1. The van der Waals surface area contributed by atoms with Crippen molar-refractivity contribution in [3.05, 3.63) is 59.4 Å². The van der Waals surface area contributed by atoms with E-state index in [1.54, 1.807) is 12.1 Å². The Morgan fingerprint density at radius 2 is 1.72 bits per heavy atom. The molecule has 2 aliphatic rings. The molecule has 0 aliphatic heterocycles. The van der Waals surface area contributed by atoms with Crippen LogP contribution >= 0.6 is 0 Å². The van der Waals surface area contributed by atoms with E-state index in [4.69, 9.17) is 0 Å². The standard InChI is InChI=1S/C24H21F5N2O/c25-16-3-1-13(2-4-16)21-20(18-7-17(26)8-19(27)22(18)31-21)14-5-15(6-14)23(32)30-11-12-9-24(28,29)10-12/h1-4,7-8,12,14-15,31H,5-6,9-11H2,(H,30,32)/t14-,15+. The van der Waals surface area contributed by atoms with Crippen molar-refractivity contribution in [1.29, 1.82) is 0 Å². The van der Waals surface area contributed by atoms with Crippen LogP contribution in [0.25, 0.3) is 22.2 Å². The normalized spacial score (nSPS) is 22.4. The van der Waals surface area contributed by atoms with E-state index in [1.807, 2.05) is 0 Å². The van der Waals surface area contributed by atoms with Gasteiger partial charge < -0.3 is 10.3 Å². The summed E-state index contributed by atoms with van der Waals surface area (Å²) in [5.74, 6) is -5.24. The summed E-state index contributed by atoms with van der Waals surface area (Å²) in [6.07, 6.45) is 0.556. The number of aromatic amines is 1. The van der Waals surface area contributed by atoms with Crippen molar-refractivity contribution in [2.75, 3.05) is 6.54 Å². The molecule has 8 heteroatoms. The summed E-state index contributed by atoms with van der Waals surface area (Å²) >= 11 is 0. The SMILES string of the molecule is O=C(NCC1CC(F)(F)C1)[C@H]1C[C@@H](c2c(-c3ccc(F)cc3)[nH]c3c(F)cc(F)cc32)C1. The molecular formula is C24H21F5N2O. The number of halogens is 5. The monoisotopic (exact) mass is 448 g/mol. The van der Waals surface area contributed by atoms with Gasteiger partial charge in [-0.2, -0.15) is 0 Å². The summed E-state index contributed by atoms with van der Waals surface area (Å²) in [6, 6.07) is 7.79. The highest BCUT2D eigenvalue weighted by Crippen LogP contribution is 2.48. The molecule has 32 heavy (non-hydrogen) atoms. The molecule has 2 aliphatic carbocycles. The minimum Gasteiger partial charge on any atom is -0.356 e. The second-order valence-corrected chi connectivity index (χ2v) is 8.97. The van der Waals surface area contributed by atoms with E-state index >= 15 is 0 Å². The van der Waals surface area contributed by atoms with Gasteiger partial charge in [-0.15, -0.1) is 0 Å². The predicted molar refractivity (Wildman–Crippen MR) is 110 cm³/mol. The second kappa shape index (κ2) is 7.60. The van der Waals surface area contributed by atoms with Crippen LogP contribution in [-0.2, 0) is 4.79 Å². The number of nitrogens with one attached hydrogen (secondary N) is 2. The summed E-state index contributed by atoms with van der Waals surface area (Å²) in [4.78, 5) is 15.5. The number of carbonyl (C=O) groups excluding carboxylic acids is 1. The van der Waals surface area contributed by atoms with E-state index in [0.717, 1.165) is 6.07 Å². The molecule has 168 valence electrons. The fourth-order valence-electron chi connectivity index (χ4n) is 4.89. The molecule has 1 heterocycles. The van der Waals surface area contributed by atoms with E-state index in [1.165, 1.54) is 18.2 Å². The van der Waals surface area contributed by atoms with Crippen molar-refractivity contribution in [3.8, 4) is 11.3 Å². The van der Waals surface area contributed by atoms with E-state index < -0.39 is 23.4 Å². The van der Waals surface area contributed by atoms with Crippen LogP contribution in [-0.4, -0.2) is 23.4 Å². The third-order valence-electron chi connectivity index (χ3n) is 6.65. The number of rotatable bonds is 5. The Labute approximate surface area is 181 Å². The van der Waals surface area contributed by atoms with Crippen LogP contribution in [0.3, 0.4) is 0 Å². The summed E-state index contributed by atoms with van der Waals surface area (Å²) < 4.78 is 67.7. The molecule has 0 saturated heterocycles. The Hall–Kier alpha value is -2.90. The molecule has 0 unspecified atom stereocenters. The first kappa shape index (κ1) is 21.0. The Morgan fingerprint density at radius 3 is 2.38 bits per heavy atom. The fourth-order valence-corrected chi connectivity index (χ4v) is 4.89. The topological polar surface area (TPSA) is 44.9 Å². The van der Waals surface area contributed by atoms with Crippen LogP contribution < -0.4 is 5.32 Å². The number of benzene rings is 2. The first-order chi connectivity index (χ1) is 15.2. The lowest BCUT2D eigenvalue weighted by Crippen LogP contribution is -2.45. The quantitative estimate of drug-likeness (QED) is 0.469. The number of hydrogen-bond donors (Lipinski definition) is 2. The Morgan fingerprint density at radius 1 is 1.03 bits per heavy atom. The predicted octanol–water partition coefficient (Wildman–Crippen LogP) is 5.91. The zero-order valence-electron chi connectivity index (χ0n) is 17.0. The highest BCUT2D eigenvalue weighted by molar-refractivity contribution is 5.92. The molecule has 2 N–H and O–H groups in total. The van der Waals surface area contributed by atoms with Crippen molar-refractivity contribution in [2.24, 2.45) is 11.8 Å². The average molecular weight is 448 g/mol. The molecule has 2 aromatic carbocycles. The highest BCUT2D eigenvalue weighted by atomic mass is 19.3. The zero-order valence-corrected chi connectivity index (χ0v) is 17.0. The molecule has 0 radical (unpaired) electrons. The van der Waals surface area contributed by atoms with Gasteiger partial charge >= 0.3 is 0 Å². The second-order valence-electron chi connectivity index (χ2n) is 8.97. The van der Waals surface area contributed by atoms with E-state index in [9.17, 15) is 26.7 Å². The Balaban J connectivity index is 1.36. The van der Waals surface area contributed by atoms with Gasteiger partial charge in [0.05, 0.1) is 11.2 Å². The minimum atomic E-state index is -2.62. The molecule has 3 aromatic rings. The van der Waals surface area contributed by atoms with Gasteiger partial charge in [-0.3, -0.25) is 4.79 Å². The van der Waals surface area contributed by atoms with E-state index in [0.29, 0.717) is 35.0 Å². The smallest absolute Gasteiger partial charge is 0.248 e. The number of hydrogen-bond acceptors (Lipinski definition) is 1. The van der Waals surface area contributed by atoms with Gasteiger partial charge in [0.15, 0.2) is 0 Å². The van der Waals surface area contributed by atoms with Gasteiger partial charge in [0.25, 0.3) is 0 Å². The number of amides is 1. The zero-order chi connectivity index (χ0) is 22.6. The number of alkyl halides is 2. The molecule has 1 aromatic heterocycles. The summed E-state index contributed by atoms with van der Waals surface area (Å²) in [7, 11) is 0. The molecule has 0 spiro atoms. The van der Waals surface area contributed by atoms with Crippen molar-refractivity contribution in [1.82, 2.24) is 10.3 Å². The first-order valence-electron chi connectivity index (χ1n) is 10.6. The lowest BCUT2D eigenvalue weighted by Gasteiger charge is -2.37. The largest absolute Gasteiger partial charge is 0.356 e. The first-order valence-corrected chi connectivity index (χ1v) is 10.6. The van der Waals surface area contributed by atoms with Gasteiger partial charge in [0.2, 0.25) is 11.8 Å². The number of aromatic nitrogens is 1. The van der Waals surface area contributed by atoms with Crippen LogP contribution in [0.2, 0.25) is 0 Å². The minimum absolute atomic E-state index is 0.117. The van der Waals surface area contributed by atoms with Gasteiger partial charge in [0.1, 0.15) is 17.5 Å². The molecule has 1 amide bonds. The molecule has 2 fully saturated rings. The third-order valence-corrected chi connectivity index (χ3v) is 6.65. The molecule has 5 rings (SSSR count). The van der Waals surface area contributed by atoms with Gasteiger partial charge in [-0.1, -0.05) is 0 Å². The number of H-pyrrole nitrogens is 1. The van der Waals surface area contributed by atoms with Crippen molar-refractivity contribution in [2.45, 2.75) is 37.5 Å². The lowest BCUT2D eigenvalue weighted by molar-refractivity contribution is -0.132. The van der Waals surface area contributed by atoms with E-state index in [2.05, 4.69) is 10.3 Å². The van der Waals surface area contributed by atoms with Crippen LogP contribution in [0.4, 0.5) is 22.0 Å². The maximum Gasteiger partial charge on any atom is 0.248 e. The molecule has 0 bridgehead atoms. The summed E-state index contributed by atoms with van der Waals surface area (Å²) in [5, 5.41) is 3.16. The Bertz CT molecular complexity index is 1170. The van der Waals surface area contributed by atoms with Crippen molar-refractivity contribution >= 4 is 16.8 Å². The number of fused-ring (bicyclic) bond motifs is 1. The molecule has 0 atom stereocenters. The maximum absolute atomic E-state index is 14.4. The van der Waals surface area contributed by atoms with Crippen LogP contribution in [0.15, 0.2) is 36.4 Å². The van der Waals surface area contributed by atoms with Crippen molar-refractivity contribution in [3.63, 3.8) is 0 Å². The maximum atomic E-state index is 14.4.